The van der Waals surface area contributed by atoms with Gasteiger partial charge in [-0.3, -0.25) is 9.59 Å². The summed E-state index contributed by atoms with van der Waals surface area (Å²) in [4.78, 5) is 22.0. The number of rotatable bonds is 2. The van der Waals surface area contributed by atoms with Crippen molar-refractivity contribution in [2.24, 2.45) is 5.92 Å². The molecule has 3 nitrogen and oxygen atoms in total. The highest BCUT2D eigenvalue weighted by atomic mass is 16.1. The van der Waals surface area contributed by atoms with Crippen LogP contribution in [0.25, 0.3) is 0 Å². The van der Waals surface area contributed by atoms with E-state index in [1.54, 1.807) is 4.90 Å². The Bertz CT molecular complexity index is 112. The summed E-state index contributed by atoms with van der Waals surface area (Å²) >= 11 is 0. The Hall–Kier alpha value is -0.860. The molecule has 0 saturated carbocycles. The van der Waals surface area contributed by atoms with Crippen molar-refractivity contribution in [2.45, 2.75) is 12.8 Å². The molecule has 0 unspecified atom stereocenters. The number of hydrogen-bond donors (Lipinski definition) is 0. The Morgan fingerprint density at radius 1 is 1.40 bits per heavy atom. The quantitative estimate of drug-likeness (QED) is 0.505. The van der Waals surface area contributed by atoms with Gasteiger partial charge < -0.3 is 4.90 Å². The fourth-order valence-electron chi connectivity index (χ4n) is 1.12. The van der Waals surface area contributed by atoms with Gasteiger partial charge >= 0.3 is 0 Å². The van der Waals surface area contributed by atoms with Gasteiger partial charge in [-0.25, -0.2) is 0 Å². The Morgan fingerprint density at radius 2 is 2.00 bits per heavy atom. The van der Waals surface area contributed by atoms with E-state index in [4.69, 9.17) is 0 Å². The van der Waals surface area contributed by atoms with E-state index in [2.05, 4.69) is 0 Å². The van der Waals surface area contributed by atoms with E-state index in [0.29, 0.717) is 13.1 Å². The van der Waals surface area contributed by atoms with Gasteiger partial charge in [0.15, 0.2) is 0 Å². The predicted molar refractivity (Wildman–Crippen MR) is 36.1 cm³/mol. The summed E-state index contributed by atoms with van der Waals surface area (Å²) in [5.41, 5.74) is 0. The highest BCUT2D eigenvalue weighted by Crippen LogP contribution is 2.12. The van der Waals surface area contributed by atoms with E-state index < -0.39 is 0 Å². The first kappa shape index (κ1) is 7.25. The monoisotopic (exact) mass is 140 g/mol. The third-order valence-corrected chi connectivity index (χ3v) is 1.85. The maximum Gasteiger partial charge on any atom is 0.209 e. The highest BCUT2D eigenvalue weighted by Gasteiger charge is 2.17. The number of amides is 1. The highest BCUT2D eigenvalue weighted by molar-refractivity contribution is 5.55. The van der Waals surface area contributed by atoms with Crippen LogP contribution < -0.4 is 0 Å². The first-order valence-electron chi connectivity index (χ1n) is 3.44. The van der Waals surface area contributed by atoms with E-state index in [9.17, 15) is 9.59 Å². The van der Waals surface area contributed by atoms with Gasteiger partial charge in [-0.15, -0.1) is 0 Å². The van der Waals surface area contributed by atoms with Crippen molar-refractivity contribution in [1.82, 2.24) is 4.90 Å². The van der Waals surface area contributed by atoms with Crippen molar-refractivity contribution in [3.8, 4) is 0 Å². The summed E-state index contributed by atoms with van der Waals surface area (Å²) < 4.78 is 0. The van der Waals surface area contributed by atoms with Crippen LogP contribution in [-0.2, 0) is 9.59 Å². The average Bonchev–Trinajstić information content (AvgIpc) is 2.05. The fraction of sp³-hybridized carbons (Fsp3) is 0.714. The number of piperidine rings is 1. The van der Waals surface area contributed by atoms with E-state index >= 15 is 0 Å². The van der Waals surface area contributed by atoms with Crippen molar-refractivity contribution in [3.63, 3.8) is 0 Å². The lowest BCUT2D eigenvalue weighted by Crippen LogP contribution is -2.32. The van der Waals surface area contributed by atoms with Gasteiger partial charge in [-0.2, -0.15) is 0 Å². The number of hydrogen-bond acceptors (Lipinski definition) is 2. The molecule has 0 N–H and O–H groups in total. The van der Waals surface area contributed by atoms with Gasteiger partial charge in [0.1, 0.15) is 0 Å². The maximum absolute atomic E-state index is 10.2. The molecule has 1 aliphatic rings. The molecule has 0 aromatic heterocycles. The van der Waals surface area contributed by atoms with Crippen LogP contribution in [0.2, 0.25) is 0 Å². The minimum Gasteiger partial charge on any atom is -0.345 e. The molecule has 3 heteroatoms. The van der Waals surface area contributed by atoms with Crippen molar-refractivity contribution in [2.75, 3.05) is 13.1 Å². The summed E-state index contributed by atoms with van der Waals surface area (Å²) in [7, 11) is 0. The van der Waals surface area contributed by atoms with Gasteiger partial charge in [-0.05, 0) is 12.8 Å². The summed E-state index contributed by atoms with van der Waals surface area (Å²) in [6.07, 6.45) is 4.35. The minimum absolute atomic E-state index is 0.0659. The molecule has 0 spiro atoms. The predicted octanol–water partition coefficient (Wildman–Crippen LogP) is -0.0355. The number of likely N-dealkylation sites (tertiary alicyclic amines) is 1. The van der Waals surface area contributed by atoms with Crippen LogP contribution in [0.3, 0.4) is 0 Å². The normalized spacial score (nSPS) is 20.6. The lowest BCUT2D eigenvalue weighted by molar-refractivity contribution is -0.119. The minimum atomic E-state index is 0.0659. The lowest BCUT2D eigenvalue weighted by Gasteiger charge is -2.25. The molecule has 1 aliphatic heterocycles. The number of nitrogens with zero attached hydrogens (tertiary/aromatic N) is 1. The van der Waals surface area contributed by atoms with Crippen LogP contribution in [0, 0.1) is 5.92 Å². The molecule has 1 radical (unpaired) electrons. The van der Waals surface area contributed by atoms with Crippen LogP contribution in [0.5, 0.6) is 0 Å². The Labute approximate surface area is 60.0 Å². The maximum atomic E-state index is 10.2. The molecule has 1 amide bonds. The van der Waals surface area contributed by atoms with E-state index in [0.717, 1.165) is 19.3 Å². The third-order valence-electron chi connectivity index (χ3n) is 1.85. The molecule has 0 aromatic carbocycles. The Morgan fingerprint density at radius 3 is 2.40 bits per heavy atom. The molecular weight excluding hydrogens is 130 g/mol. The topological polar surface area (TPSA) is 37.4 Å². The molecule has 1 rings (SSSR count). The smallest absolute Gasteiger partial charge is 0.209 e. The van der Waals surface area contributed by atoms with Crippen molar-refractivity contribution < 1.29 is 9.59 Å². The summed E-state index contributed by atoms with van der Waals surface area (Å²) in [5, 5.41) is 0. The van der Waals surface area contributed by atoms with Gasteiger partial charge in [-0.1, -0.05) is 0 Å². The number of carbonyl (C=O) groups excluding carboxylic acids is 2. The van der Waals surface area contributed by atoms with Gasteiger partial charge in [0.05, 0.1) is 0 Å². The average molecular weight is 140 g/mol. The summed E-state index contributed by atoms with van der Waals surface area (Å²) in [6, 6.07) is 0. The standard InChI is InChI=1S/C7H10NO2/c9-5-7-1-3-8(6-10)4-2-7/h6-7H,1-4H2. The molecule has 0 atom stereocenters. The molecule has 0 bridgehead atoms. The Balaban J connectivity index is 2.30. The molecule has 55 valence electrons. The zero-order valence-electron chi connectivity index (χ0n) is 5.75. The SMILES string of the molecule is O=[C]C1CCN(C=O)CC1. The first-order valence-corrected chi connectivity index (χ1v) is 3.44. The van der Waals surface area contributed by atoms with Crippen LogP contribution in [-0.4, -0.2) is 30.7 Å². The summed E-state index contributed by atoms with van der Waals surface area (Å²) in [5.74, 6) is 0.0659. The van der Waals surface area contributed by atoms with Crippen molar-refractivity contribution >= 4 is 12.7 Å². The second-order valence-corrected chi connectivity index (χ2v) is 2.53. The second kappa shape index (κ2) is 3.34. The van der Waals surface area contributed by atoms with Crippen molar-refractivity contribution in [3.05, 3.63) is 0 Å². The molecular formula is C7H10NO2. The largest absolute Gasteiger partial charge is 0.345 e. The summed E-state index contributed by atoms with van der Waals surface area (Å²) in [6.45, 7) is 1.42. The van der Waals surface area contributed by atoms with Gasteiger partial charge in [0.25, 0.3) is 0 Å². The molecule has 1 heterocycles. The number of carbonyl (C=O) groups is 1. The zero-order chi connectivity index (χ0) is 7.40. The molecule has 0 aliphatic carbocycles. The van der Waals surface area contributed by atoms with Crippen LogP contribution in [0.15, 0.2) is 0 Å². The first-order chi connectivity index (χ1) is 4.86. The van der Waals surface area contributed by atoms with Gasteiger partial charge in [0, 0.05) is 19.0 Å². The zero-order valence-corrected chi connectivity index (χ0v) is 5.75. The molecule has 1 saturated heterocycles. The second-order valence-electron chi connectivity index (χ2n) is 2.53. The van der Waals surface area contributed by atoms with Crippen LogP contribution in [0.1, 0.15) is 12.8 Å². The van der Waals surface area contributed by atoms with Gasteiger partial charge in [0.2, 0.25) is 12.7 Å². The van der Waals surface area contributed by atoms with Crippen molar-refractivity contribution in [1.29, 1.82) is 0 Å². The Kier molecular flexibility index (Phi) is 2.42. The van der Waals surface area contributed by atoms with Crippen LogP contribution >= 0.6 is 0 Å². The van der Waals surface area contributed by atoms with E-state index in [-0.39, 0.29) is 5.92 Å². The van der Waals surface area contributed by atoms with E-state index in [1.807, 2.05) is 6.29 Å². The lowest BCUT2D eigenvalue weighted by atomic mass is 9.99. The fourth-order valence-corrected chi connectivity index (χ4v) is 1.12. The molecule has 0 aromatic rings. The molecule has 10 heavy (non-hydrogen) atoms. The van der Waals surface area contributed by atoms with E-state index in [1.165, 1.54) is 0 Å². The third kappa shape index (κ3) is 1.56. The van der Waals surface area contributed by atoms with Crippen LogP contribution in [0.4, 0.5) is 0 Å². The molecule has 1 fully saturated rings.